The number of carbonyl (C=O) groups excluding carboxylic acids is 2. The summed E-state index contributed by atoms with van der Waals surface area (Å²) in [5.74, 6) is -1.22. The second kappa shape index (κ2) is 5.56. The first-order chi connectivity index (χ1) is 9.58. The first kappa shape index (κ1) is 13.8. The van der Waals surface area contributed by atoms with Crippen LogP contribution in [0.1, 0.15) is 27.8 Å². The summed E-state index contributed by atoms with van der Waals surface area (Å²) in [4.78, 5) is 38.2. The number of nitrogens with one attached hydrogen (secondary N) is 1. The highest BCUT2D eigenvalue weighted by atomic mass is 16.5. The number of H-pyrrole nitrogens is 1. The van der Waals surface area contributed by atoms with E-state index in [1.807, 2.05) is 0 Å². The number of aromatic amines is 1. The molecule has 1 aromatic heterocycles. The van der Waals surface area contributed by atoms with Gasteiger partial charge in [0.25, 0.3) is 0 Å². The predicted molar refractivity (Wildman–Crippen MR) is 71.9 cm³/mol. The Morgan fingerprint density at radius 2 is 2.00 bits per heavy atom. The minimum Gasteiger partial charge on any atom is -0.465 e. The van der Waals surface area contributed by atoms with E-state index in [1.54, 1.807) is 19.1 Å². The fourth-order valence-corrected chi connectivity index (χ4v) is 1.91. The number of hydrogen-bond acceptors (Lipinski definition) is 5. The van der Waals surface area contributed by atoms with E-state index in [9.17, 15) is 14.4 Å². The maximum Gasteiger partial charge on any atom is 0.354 e. The molecule has 1 heterocycles. The molecule has 0 aliphatic rings. The number of esters is 2. The van der Waals surface area contributed by atoms with E-state index in [4.69, 9.17) is 4.74 Å². The van der Waals surface area contributed by atoms with Gasteiger partial charge in [-0.1, -0.05) is 6.07 Å². The second-order valence-corrected chi connectivity index (χ2v) is 3.99. The number of pyridine rings is 1. The molecule has 0 amide bonds. The average Bonchev–Trinajstić information content (AvgIpc) is 2.45. The van der Waals surface area contributed by atoms with Crippen LogP contribution in [-0.2, 0) is 9.47 Å². The summed E-state index contributed by atoms with van der Waals surface area (Å²) in [6.07, 6.45) is 0. The van der Waals surface area contributed by atoms with E-state index in [0.717, 1.165) is 6.07 Å². The summed E-state index contributed by atoms with van der Waals surface area (Å²) < 4.78 is 9.46. The van der Waals surface area contributed by atoms with Gasteiger partial charge in [-0.15, -0.1) is 0 Å². The SMILES string of the molecule is CCOC(=O)c1cc(=O)c2c(C(=O)OC)cccc2[nH]1. The number of benzene rings is 1. The van der Waals surface area contributed by atoms with Crippen LogP contribution in [0.15, 0.2) is 29.1 Å². The topological polar surface area (TPSA) is 85.5 Å². The lowest BCUT2D eigenvalue weighted by Crippen LogP contribution is -2.15. The third-order valence-corrected chi connectivity index (χ3v) is 2.76. The summed E-state index contributed by atoms with van der Waals surface area (Å²) in [6, 6.07) is 5.81. The normalized spacial score (nSPS) is 10.3. The molecule has 104 valence electrons. The van der Waals surface area contributed by atoms with Crippen molar-refractivity contribution in [3.05, 3.63) is 45.7 Å². The summed E-state index contributed by atoms with van der Waals surface area (Å²) in [5.41, 5.74) is 0.138. The fourth-order valence-electron chi connectivity index (χ4n) is 1.91. The van der Waals surface area contributed by atoms with Gasteiger partial charge < -0.3 is 14.5 Å². The summed E-state index contributed by atoms with van der Waals surface area (Å²) in [6.45, 7) is 1.88. The van der Waals surface area contributed by atoms with Crippen molar-refractivity contribution in [2.45, 2.75) is 6.92 Å². The Morgan fingerprint density at radius 1 is 1.25 bits per heavy atom. The number of hydrogen-bond donors (Lipinski definition) is 1. The van der Waals surface area contributed by atoms with Crippen LogP contribution in [0.3, 0.4) is 0 Å². The zero-order valence-corrected chi connectivity index (χ0v) is 11.1. The van der Waals surface area contributed by atoms with Gasteiger partial charge in [0.2, 0.25) is 0 Å². The first-order valence-corrected chi connectivity index (χ1v) is 6.00. The second-order valence-electron chi connectivity index (χ2n) is 3.99. The summed E-state index contributed by atoms with van der Waals surface area (Å²) in [7, 11) is 1.24. The van der Waals surface area contributed by atoms with E-state index in [-0.39, 0.29) is 23.3 Å². The highest BCUT2D eigenvalue weighted by Crippen LogP contribution is 2.15. The Hall–Kier alpha value is -2.63. The molecule has 0 saturated heterocycles. The Kier molecular flexibility index (Phi) is 3.84. The van der Waals surface area contributed by atoms with Crippen molar-refractivity contribution >= 4 is 22.8 Å². The zero-order valence-electron chi connectivity index (χ0n) is 11.1. The Balaban J connectivity index is 2.67. The standard InChI is InChI=1S/C14H13NO5/c1-3-20-14(18)10-7-11(16)12-8(13(17)19-2)5-4-6-9(12)15-10/h4-7H,3H2,1-2H3,(H,15,16). The Bertz CT molecular complexity index is 732. The molecule has 2 aromatic rings. The molecule has 6 nitrogen and oxygen atoms in total. The molecule has 2 rings (SSSR count). The van der Waals surface area contributed by atoms with Crippen LogP contribution in [0.25, 0.3) is 10.9 Å². The van der Waals surface area contributed by atoms with E-state index in [1.165, 1.54) is 13.2 Å². The van der Waals surface area contributed by atoms with Crippen LogP contribution in [-0.4, -0.2) is 30.6 Å². The number of rotatable bonds is 3. The van der Waals surface area contributed by atoms with Crippen LogP contribution in [0, 0.1) is 0 Å². The van der Waals surface area contributed by atoms with E-state index < -0.39 is 17.4 Å². The minimum atomic E-state index is -0.616. The number of carbonyl (C=O) groups is 2. The maximum atomic E-state index is 12.1. The lowest BCUT2D eigenvalue weighted by Gasteiger charge is -2.06. The molecule has 0 aliphatic heterocycles. The number of methoxy groups -OCH3 is 1. The molecule has 0 aliphatic carbocycles. The molecule has 0 radical (unpaired) electrons. The smallest absolute Gasteiger partial charge is 0.354 e. The molecule has 0 fully saturated rings. The Labute approximate surface area is 114 Å². The van der Waals surface area contributed by atoms with Crippen molar-refractivity contribution in [1.82, 2.24) is 4.98 Å². The number of aromatic nitrogens is 1. The fraction of sp³-hybridized carbons (Fsp3) is 0.214. The molecule has 0 bridgehead atoms. The van der Waals surface area contributed by atoms with E-state index in [2.05, 4.69) is 9.72 Å². The van der Waals surface area contributed by atoms with Gasteiger partial charge in [0.1, 0.15) is 5.69 Å². The van der Waals surface area contributed by atoms with Crippen LogP contribution in [0.4, 0.5) is 0 Å². The van der Waals surface area contributed by atoms with Crippen molar-refractivity contribution in [2.24, 2.45) is 0 Å². The molecular formula is C14H13NO5. The molecule has 1 aromatic carbocycles. The molecule has 0 atom stereocenters. The van der Waals surface area contributed by atoms with Gasteiger partial charge in [0.15, 0.2) is 5.43 Å². The molecular weight excluding hydrogens is 262 g/mol. The van der Waals surface area contributed by atoms with Gasteiger partial charge in [-0.05, 0) is 19.1 Å². The summed E-state index contributed by atoms with van der Waals surface area (Å²) >= 11 is 0. The highest BCUT2D eigenvalue weighted by molar-refractivity contribution is 6.04. The largest absolute Gasteiger partial charge is 0.465 e. The third-order valence-electron chi connectivity index (χ3n) is 2.76. The van der Waals surface area contributed by atoms with E-state index >= 15 is 0 Å². The lowest BCUT2D eigenvalue weighted by molar-refractivity contribution is 0.0519. The molecule has 0 saturated carbocycles. The molecule has 1 N–H and O–H groups in total. The first-order valence-electron chi connectivity index (χ1n) is 6.00. The minimum absolute atomic E-state index is 0.0476. The monoisotopic (exact) mass is 275 g/mol. The summed E-state index contributed by atoms with van der Waals surface area (Å²) in [5, 5.41) is 0.187. The van der Waals surface area contributed by atoms with Crippen LogP contribution < -0.4 is 5.43 Å². The van der Waals surface area contributed by atoms with Gasteiger partial charge in [-0.2, -0.15) is 0 Å². The molecule has 0 unspecified atom stereocenters. The number of fused-ring (bicyclic) bond motifs is 1. The van der Waals surface area contributed by atoms with Gasteiger partial charge in [0, 0.05) is 6.07 Å². The van der Waals surface area contributed by atoms with Crippen molar-refractivity contribution < 1.29 is 19.1 Å². The van der Waals surface area contributed by atoms with Crippen LogP contribution >= 0.6 is 0 Å². The van der Waals surface area contributed by atoms with Gasteiger partial charge in [0.05, 0.1) is 30.2 Å². The quantitative estimate of drug-likeness (QED) is 0.858. The zero-order chi connectivity index (χ0) is 14.7. The molecule has 0 spiro atoms. The molecule has 6 heteroatoms. The average molecular weight is 275 g/mol. The lowest BCUT2D eigenvalue weighted by atomic mass is 10.1. The number of ether oxygens (including phenoxy) is 2. The van der Waals surface area contributed by atoms with Crippen molar-refractivity contribution in [2.75, 3.05) is 13.7 Å². The predicted octanol–water partition coefficient (Wildman–Crippen LogP) is 1.49. The third kappa shape index (κ3) is 2.40. The maximum absolute atomic E-state index is 12.1. The highest BCUT2D eigenvalue weighted by Gasteiger charge is 2.16. The van der Waals surface area contributed by atoms with E-state index in [0.29, 0.717) is 5.52 Å². The van der Waals surface area contributed by atoms with Gasteiger partial charge in [-0.3, -0.25) is 4.79 Å². The van der Waals surface area contributed by atoms with Gasteiger partial charge in [-0.25, -0.2) is 9.59 Å². The van der Waals surface area contributed by atoms with Crippen molar-refractivity contribution in [1.29, 1.82) is 0 Å². The Morgan fingerprint density at radius 3 is 2.65 bits per heavy atom. The van der Waals surface area contributed by atoms with Crippen molar-refractivity contribution in [3.8, 4) is 0 Å². The molecule has 20 heavy (non-hydrogen) atoms. The van der Waals surface area contributed by atoms with Gasteiger partial charge >= 0.3 is 11.9 Å². The van der Waals surface area contributed by atoms with Crippen LogP contribution in [0.5, 0.6) is 0 Å². The van der Waals surface area contributed by atoms with Crippen LogP contribution in [0.2, 0.25) is 0 Å². The van der Waals surface area contributed by atoms with Crippen molar-refractivity contribution in [3.63, 3.8) is 0 Å².